The molecule has 0 radical (unpaired) electrons. The van der Waals surface area contributed by atoms with Crippen molar-refractivity contribution in [3.8, 4) is 0 Å². The Morgan fingerprint density at radius 3 is 2.05 bits per heavy atom. The number of nitrogens with one attached hydrogen (secondary N) is 1. The Morgan fingerprint density at radius 2 is 1.56 bits per heavy atom. The van der Waals surface area contributed by atoms with Crippen molar-refractivity contribution in [1.29, 1.82) is 0 Å². The highest BCUT2D eigenvalue weighted by molar-refractivity contribution is 6.74. The van der Waals surface area contributed by atoms with Gasteiger partial charge in [-0.2, -0.15) is 0 Å². The van der Waals surface area contributed by atoms with Crippen LogP contribution in [0.15, 0.2) is 18.2 Å². The molecule has 0 saturated carbocycles. The number of likely N-dealkylation sites (tertiary alicyclic amines) is 1. The number of nitrogens with zero attached hydrogens (tertiary/aromatic N) is 1. The number of carbonyl (C=O) groups excluding carboxylic acids is 2. The third kappa shape index (κ3) is 7.77. The lowest BCUT2D eigenvalue weighted by atomic mass is 10.1. The van der Waals surface area contributed by atoms with E-state index in [1.54, 1.807) is 0 Å². The summed E-state index contributed by atoms with van der Waals surface area (Å²) in [6.45, 7) is 25.2. The molecule has 1 N–H and O–H groups in total. The number of hydrogen-bond acceptors (Lipinski definition) is 4. The van der Waals surface area contributed by atoms with Gasteiger partial charge in [-0.15, -0.1) is 0 Å². The largest absolute Gasteiger partial charge is 0.409 e. The Morgan fingerprint density at radius 1 is 1.03 bits per heavy atom. The molecule has 39 heavy (non-hydrogen) atoms. The Kier molecular flexibility index (Phi) is 10.4. The number of amides is 2. The molecule has 2 amide bonds. The van der Waals surface area contributed by atoms with E-state index in [1.807, 2.05) is 13.8 Å². The first kappa shape index (κ1) is 33.6. The molecular weight excluding hydrogens is 534 g/mol. The smallest absolute Gasteiger partial charge is 0.257 e. The Labute approximate surface area is 236 Å². The fourth-order valence-electron chi connectivity index (χ4n) is 4.26. The monoisotopic (exact) mass is 584 g/mol. The lowest BCUT2D eigenvalue weighted by Crippen LogP contribution is -2.57. The highest BCUT2D eigenvalue weighted by Gasteiger charge is 2.55. The lowest BCUT2D eigenvalue weighted by molar-refractivity contribution is -0.128. The van der Waals surface area contributed by atoms with Gasteiger partial charge in [0.05, 0.1) is 11.7 Å². The van der Waals surface area contributed by atoms with Crippen molar-refractivity contribution >= 4 is 28.4 Å². The maximum absolute atomic E-state index is 14.8. The lowest BCUT2D eigenvalue weighted by Gasteiger charge is -2.43. The Hall–Kier alpha value is -1.63. The van der Waals surface area contributed by atoms with Crippen molar-refractivity contribution in [3.05, 3.63) is 35.4 Å². The summed E-state index contributed by atoms with van der Waals surface area (Å²) in [4.78, 5) is 29.1. The van der Waals surface area contributed by atoms with Gasteiger partial charge in [0.1, 0.15) is 23.8 Å². The summed E-state index contributed by atoms with van der Waals surface area (Å²) in [5, 5.41) is 2.77. The van der Waals surface area contributed by atoms with Crippen molar-refractivity contribution in [1.82, 2.24) is 10.2 Å². The molecule has 1 saturated heterocycles. The van der Waals surface area contributed by atoms with Gasteiger partial charge in [-0.25, -0.2) is 8.78 Å². The van der Waals surface area contributed by atoms with Crippen LogP contribution in [0, 0.1) is 11.6 Å². The molecule has 0 aliphatic carbocycles. The van der Waals surface area contributed by atoms with E-state index in [1.165, 1.54) is 4.90 Å². The summed E-state index contributed by atoms with van der Waals surface area (Å²) >= 11 is 0. The third-order valence-electron chi connectivity index (χ3n) is 8.68. The average Bonchev–Trinajstić information content (AvgIpc) is 3.08. The van der Waals surface area contributed by atoms with Crippen LogP contribution in [0.25, 0.3) is 0 Å². The van der Waals surface area contributed by atoms with E-state index in [9.17, 15) is 18.4 Å². The number of benzene rings is 1. The van der Waals surface area contributed by atoms with E-state index in [-0.39, 0.29) is 34.1 Å². The van der Waals surface area contributed by atoms with Gasteiger partial charge in [0.2, 0.25) is 5.91 Å². The van der Waals surface area contributed by atoms with Gasteiger partial charge in [-0.3, -0.25) is 9.59 Å². The molecule has 222 valence electrons. The fourth-order valence-corrected chi connectivity index (χ4v) is 6.89. The Balaban J connectivity index is 2.66. The van der Waals surface area contributed by atoms with E-state index in [4.69, 9.17) is 8.85 Å². The van der Waals surface area contributed by atoms with Gasteiger partial charge in [0.15, 0.2) is 16.6 Å². The zero-order valence-corrected chi connectivity index (χ0v) is 28.0. The van der Waals surface area contributed by atoms with Crippen LogP contribution >= 0.6 is 0 Å². The predicted octanol–water partition coefficient (Wildman–Crippen LogP) is 6.87. The molecule has 1 aromatic rings. The van der Waals surface area contributed by atoms with Gasteiger partial charge in [0.25, 0.3) is 5.91 Å². The topological polar surface area (TPSA) is 67.9 Å². The van der Waals surface area contributed by atoms with Crippen LogP contribution in [0.3, 0.4) is 0 Å². The van der Waals surface area contributed by atoms with Crippen LogP contribution in [0.1, 0.15) is 78.6 Å². The molecule has 0 spiro atoms. The molecule has 1 fully saturated rings. The van der Waals surface area contributed by atoms with Crippen LogP contribution in [0.4, 0.5) is 8.78 Å². The molecule has 1 aromatic carbocycles. The molecule has 0 bridgehead atoms. The average molecular weight is 585 g/mol. The van der Waals surface area contributed by atoms with Gasteiger partial charge >= 0.3 is 0 Å². The summed E-state index contributed by atoms with van der Waals surface area (Å²) in [5.41, 5.74) is -0.283. The quantitative estimate of drug-likeness (QED) is 0.322. The highest BCUT2D eigenvalue weighted by atomic mass is 28.4. The molecule has 2 rings (SSSR count). The van der Waals surface area contributed by atoms with E-state index in [0.29, 0.717) is 6.07 Å². The molecule has 10 heteroatoms. The summed E-state index contributed by atoms with van der Waals surface area (Å²) in [6, 6.07) is 1.74. The molecule has 2 unspecified atom stereocenters. The van der Waals surface area contributed by atoms with Crippen molar-refractivity contribution < 1.29 is 27.2 Å². The minimum atomic E-state index is -2.44. The minimum Gasteiger partial charge on any atom is -0.409 e. The van der Waals surface area contributed by atoms with Gasteiger partial charge in [0, 0.05) is 18.7 Å². The van der Waals surface area contributed by atoms with Crippen LogP contribution in [0.2, 0.25) is 36.3 Å². The van der Waals surface area contributed by atoms with Gasteiger partial charge < -0.3 is 19.1 Å². The van der Waals surface area contributed by atoms with Crippen LogP contribution in [0.5, 0.6) is 0 Å². The highest BCUT2D eigenvalue weighted by Crippen LogP contribution is 2.43. The molecule has 1 heterocycles. The first-order valence-electron chi connectivity index (χ1n) is 14.0. The van der Waals surface area contributed by atoms with E-state index < -0.39 is 52.4 Å². The third-order valence-corrected chi connectivity index (χ3v) is 17.7. The second-order valence-corrected chi connectivity index (χ2v) is 23.5. The maximum Gasteiger partial charge on any atom is 0.257 e. The Bertz CT molecular complexity index is 1040. The molecule has 6 nitrogen and oxygen atoms in total. The second kappa shape index (κ2) is 12.1. The molecular formula is C29H50F2N2O4Si2. The van der Waals surface area contributed by atoms with Crippen molar-refractivity contribution in [3.63, 3.8) is 0 Å². The first-order chi connectivity index (χ1) is 17.6. The fraction of sp³-hybridized carbons (Fsp3) is 0.724. The number of rotatable bonds is 9. The van der Waals surface area contributed by atoms with Gasteiger partial charge in [-0.1, -0.05) is 54.9 Å². The van der Waals surface area contributed by atoms with Crippen molar-refractivity contribution in [2.24, 2.45) is 0 Å². The van der Waals surface area contributed by atoms with Crippen LogP contribution in [-0.2, 0) is 13.6 Å². The molecule has 1 aliphatic rings. The van der Waals surface area contributed by atoms with E-state index >= 15 is 0 Å². The SMILES string of the molecule is CCCC(C)NC(=O)C1[C@H](O[Si](C)(C)C(C)(C)C)[C@@H](O[Si](C)(C)C(C)(C)C)CN1C(=O)c1ccc(F)cc1F. The number of hydrogen-bond donors (Lipinski definition) is 1. The summed E-state index contributed by atoms with van der Waals surface area (Å²) in [6.07, 6.45) is 0.346. The first-order valence-corrected chi connectivity index (χ1v) is 19.9. The standard InChI is InChI=1S/C29H50F2N2O4Si2/c1-13-14-19(2)32-26(34)24-25(37-39(11,12)29(6,7)8)23(36-38(9,10)28(3,4)5)18-33(24)27(35)21-16-15-20(30)17-22(21)31/h15-17,19,23-25H,13-14,18H2,1-12H3,(H,32,34)/t19?,23-,24?,25+/m0/s1. The summed E-state index contributed by atoms with van der Waals surface area (Å²) < 4.78 is 42.2. The summed E-state index contributed by atoms with van der Waals surface area (Å²) in [7, 11) is -4.81. The van der Waals surface area contributed by atoms with Gasteiger partial charge in [-0.05, 0) is 61.7 Å². The molecule has 0 aromatic heterocycles. The zero-order chi connectivity index (χ0) is 30.1. The van der Waals surface area contributed by atoms with E-state index in [2.05, 4.69) is 73.0 Å². The minimum absolute atomic E-state index is 0.0711. The van der Waals surface area contributed by atoms with E-state index in [0.717, 1.165) is 25.0 Å². The number of halogens is 2. The van der Waals surface area contributed by atoms with Crippen LogP contribution in [-0.4, -0.2) is 64.2 Å². The summed E-state index contributed by atoms with van der Waals surface area (Å²) in [5.74, 6) is -2.77. The number of carbonyl (C=O) groups is 2. The maximum atomic E-state index is 14.8. The van der Waals surface area contributed by atoms with Crippen molar-refractivity contribution in [2.75, 3.05) is 6.54 Å². The van der Waals surface area contributed by atoms with Crippen molar-refractivity contribution in [2.45, 2.75) is 129 Å². The zero-order valence-electron chi connectivity index (χ0n) is 26.0. The van der Waals surface area contributed by atoms with Crippen LogP contribution < -0.4 is 5.32 Å². The predicted molar refractivity (Wildman–Crippen MR) is 158 cm³/mol. The molecule has 4 atom stereocenters. The molecule has 1 aliphatic heterocycles. The normalized spacial score (nSPS) is 21.7. The second-order valence-electron chi connectivity index (χ2n) is 14.0.